The number of hydrogen-bond donors (Lipinski definition) is 0. The first-order valence-corrected chi connectivity index (χ1v) is 7.49. The van der Waals surface area contributed by atoms with Crippen LogP contribution in [0.5, 0.6) is 0 Å². The van der Waals surface area contributed by atoms with E-state index in [9.17, 15) is 4.79 Å². The number of nitrogens with zero attached hydrogens (tertiary/aromatic N) is 4. The van der Waals surface area contributed by atoms with Crippen LogP contribution < -0.4 is 0 Å². The molecule has 3 rings (SSSR count). The highest BCUT2D eigenvalue weighted by Crippen LogP contribution is 2.26. The van der Waals surface area contributed by atoms with Crippen LogP contribution in [0, 0.1) is 6.92 Å². The van der Waals surface area contributed by atoms with E-state index in [0.29, 0.717) is 22.1 Å². The molecular weight excluding hydrogens is 331 g/mol. The lowest BCUT2D eigenvalue weighted by molar-refractivity contribution is 0.108. The van der Waals surface area contributed by atoms with Gasteiger partial charge in [-0.1, -0.05) is 53.5 Å². The monoisotopic (exact) mass is 338 g/mol. The molecule has 0 aliphatic heterocycles. The normalized spacial score (nSPS) is 11.0. The van der Waals surface area contributed by atoms with Crippen molar-refractivity contribution in [3.8, 4) is 0 Å². The molecule has 0 saturated carbocycles. The number of fused-ring (bicyclic) bond motifs is 1. The van der Waals surface area contributed by atoms with Crippen molar-refractivity contribution in [2.75, 3.05) is 0 Å². The van der Waals surface area contributed by atoms with Gasteiger partial charge < -0.3 is 0 Å². The van der Waals surface area contributed by atoms with E-state index < -0.39 is 0 Å². The smallest absolute Gasteiger partial charge is 0.254 e. The summed E-state index contributed by atoms with van der Waals surface area (Å²) in [7, 11) is 0. The fraction of sp³-hybridized carbons (Fsp3) is 0.0769. The molecular formula is C13H8Cl2N4OS. The van der Waals surface area contributed by atoms with Crippen molar-refractivity contribution in [3.63, 3.8) is 0 Å². The maximum atomic E-state index is 12.1. The van der Waals surface area contributed by atoms with Crippen LogP contribution in [0.15, 0.2) is 35.5 Å². The van der Waals surface area contributed by atoms with Gasteiger partial charge in [-0.05, 0) is 18.7 Å². The van der Waals surface area contributed by atoms with Crippen LogP contribution in [0.25, 0.3) is 5.78 Å². The zero-order valence-electron chi connectivity index (χ0n) is 10.7. The standard InChI is InChI=1S/C13H8Cl2N4OS/c1-7-9(14)10(15)19-12(16-7)17-13(18-19)21-11(20)8-5-3-2-4-6-8/h2-6H,1H3. The summed E-state index contributed by atoms with van der Waals surface area (Å²) in [6, 6.07) is 8.91. The van der Waals surface area contributed by atoms with Crippen LogP contribution in [0.4, 0.5) is 0 Å². The van der Waals surface area contributed by atoms with Gasteiger partial charge in [0.25, 0.3) is 5.78 Å². The average molecular weight is 339 g/mol. The van der Waals surface area contributed by atoms with Gasteiger partial charge in [-0.15, -0.1) is 5.10 Å². The number of aromatic nitrogens is 4. The third kappa shape index (κ3) is 2.74. The van der Waals surface area contributed by atoms with E-state index in [-0.39, 0.29) is 15.4 Å². The van der Waals surface area contributed by atoms with Gasteiger partial charge in [-0.25, -0.2) is 4.98 Å². The third-order valence-electron chi connectivity index (χ3n) is 2.72. The van der Waals surface area contributed by atoms with Gasteiger partial charge >= 0.3 is 0 Å². The highest BCUT2D eigenvalue weighted by atomic mass is 35.5. The molecule has 0 aliphatic carbocycles. The molecule has 0 unspecified atom stereocenters. The van der Waals surface area contributed by atoms with Crippen LogP contribution >= 0.6 is 35.0 Å². The summed E-state index contributed by atoms with van der Waals surface area (Å²) in [5.41, 5.74) is 1.14. The maximum absolute atomic E-state index is 12.1. The first-order valence-electron chi connectivity index (χ1n) is 5.92. The van der Waals surface area contributed by atoms with E-state index in [1.54, 1.807) is 31.2 Å². The van der Waals surface area contributed by atoms with Crippen molar-refractivity contribution in [1.82, 2.24) is 19.6 Å². The SMILES string of the molecule is Cc1nc2nc(SC(=O)c3ccccc3)nn2c(Cl)c1Cl. The summed E-state index contributed by atoms with van der Waals surface area (Å²) in [4.78, 5) is 20.5. The minimum Gasteiger partial charge on any atom is -0.281 e. The molecule has 0 atom stereocenters. The molecule has 2 aromatic heterocycles. The zero-order chi connectivity index (χ0) is 15.0. The number of halogens is 2. The Bertz CT molecular complexity index is 835. The molecule has 0 N–H and O–H groups in total. The fourth-order valence-corrected chi connectivity index (χ4v) is 2.73. The molecule has 1 aromatic carbocycles. The molecule has 21 heavy (non-hydrogen) atoms. The Hall–Kier alpha value is -1.63. The molecule has 0 saturated heterocycles. The summed E-state index contributed by atoms with van der Waals surface area (Å²) in [5.74, 6) is 0.310. The quantitative estimate of drug-likeness (QED) is 0.527. The highest BCUT2D eigenvalue weighted by Gasteiger charge is 2.16. The van der Waals surface area contributed by atoms with Gasteiger partial charge in [0.15, 0.2) is 5.15 Å². The Labute approximate surface area is 134 Å². The van der Waals surface area contributed by atoms with E-state index in [1.165, 1.54) is 4.52 Å². The molecule has 0 bridgehead atoms. The summed E-state index contributed by atoms with van der Waals surface area (Å²) in [5, 5.41) is 4.83. The molecule has 5 nitrogen and oxygen atoms in total. The second kappa shape index (κ2) is 5.63. The van der Waals surface area contributed by atoms with Crippen LogP contribution in [0.2, 0.25) is 10.2 Å². The van der Waals surface area contributed by atoms with Crippen LogP contribution in [0.3, 0.4) is 0 Å². The average Bonchev–Trinajstić information content (AvgIpc) is 2.88. The van der Waals surface area contributed by atoms with E-state index >= 15 is 0 Å². The van der Waals surface area contributed by atoms with Crippen LogP contribution in [-0.4, -0.2) is 24.7 Å². The molecule has 0 radical (unpaired) electrons. The zero-order valence-corrected chi connectivity index (χ0v) is 13.1. The number of hydrogen-bond acceptors (Lipinski definition) is 5. The highest BCUT2D eigenvalue weighted by molar-refractivity contribution is 8.14. The third-order valence-corrected chi connectivity index (χ3v) is 4.39. The molecule has 8 heteroatoms. The van der Waals surface area contributed by atoms with Crippen molar-refractivity contribution in [3.05, 3.63) is 51.8 Å². The van der Waals surface area contributed by atoms with Gasteiger partial charge in [0.2, 0.25) is 10.3 Å². The maximum Gasteiger partial charge on any atom is 0.254 e. The number of carbonyl (C=O) groups excluding carboxylic acids is 1. The minimum absolute atomic E-state index is 0.148. The Morgan fingerprint density at radius 3 is 2.62 bits per heavy atom. The lowest BCUT2D eigenvalue weighted by atomic mass is 10.2. The van der Waals surface area contributed by atoms with Gasteiger partial charge in [0, 0.05) is 5.56 Å². The predicted octanol–water partition coefficient (Wildman–Crippen LogP) is 3.67. The molecule has 0 fully saturated rings. The van der Waals surface area contributed by atoms with Gasteiger partial charge in [0.1, 0.15) is 0 Å². The van der Waals surface area contributed by atoms with E-state index in [4.69, 9.17) is 23.2 Å². The van der Waals surface area contributed by atoms with E-state index in [0.717, 1.165) is 11.8 Å². The molecule has 0 spiro atoms. The summed E-state index contributed by atoms with van der Waals surface area (Å²) in [6.45, 7) is 1.73. The largest absolute Gasteiger partial charge is 0.281 e. The number of carbonyl (C=O) groups is 1. The summed E-state index contributed by atoms with van der Waals surface area (Å²) < 4.78 is 1.32. The minimum atomic E-state index is -0.148. The van der Waals surface area contributed by atoms with Gasteiger partial charge in [-0.2, -0.15) is 9.50 Å². The van der Waals surface area contributed by atoms with Crippen molar-refractivity contribution in [2.24, 2.45) is 0 Å². The topological polar surface area (TPSA) is 60.2 Å². The Kier molecular flexibility index (Phi) is 3.84. The molecule has 106 valence electrons. The van der Waals surface area contributed by atoms with Gasteiger partial charge in [-0.3, -0.25) is 4.79 Å². The number of aryl methyl sites for hydroxylation is 1. The predicted molar refractivity (Wildman–Crippen MR) is 82.2 cm³/mol. The first-order chi connectivity index (χ1) is 10.1. The Balaban J connectivity index is 1.95. The lowest BCUT2D eigenvalue weighted by Crippen LogP contribution is -1.96. The molecule has 0 amide bonds. The first kappa shape index (κ1) is 14.3. The van der Waals surface area contributed by atoms with Crippen molar-refractivity contribution in [1.29, 1.82) is 0 Å². The second-order valence-electron chi connectivity index (χ2n) is 4.16. The van der Waals surface area contributed by atoms with Gasteiger partial charge in [0.05, 0.1) is 10.7 Å². The second-order valence-corrected chi connectivity index (χ2v) is 5.84. The molecule has 0 aliphatic rings. The van der Waals surface area contributed by atoms with E-state index in [2.05, 4.69) is 15.1 Å². The van der Waals surface area contributed by atoms with Crippen molar-refractivity contribution in [2.45, 2.75) is 12.1 Å². The fourth-order valence-electron chi connectivity index (χ4n) is 1.69. The lowest BCUT2D eigenvalue weighted by Gasteiger charge is -2.00. The molecule has 3 aromatic rings. The van der Waals surface area contributed by atoms with Crippen LogP contribution in [0.1, 0.15) is 16.1 Å². The number of benzene rings is 1. The number of thioether (sulfide) groups is 1. The Morgan fingerprint density at radius 1 is 1.19 bits per heavy atom. The summed E-state index contributed by atoms with van der Waals surface area (Å²) in [6.07, 6.45) is 0. The van der Waals surface area contributed by atoms with E-state index in [1.807, 2.05) is 6.07 Å². The Morgan fingerprint density at radius 2 is 1.90 bits per heavy atom. The van der Waals surface area contributed by atoms with Crippen molar-refractivity contribution < 1.29 is 4.79 Å². The summed E-state index contributed by atoms with van der Waals surface area (Å²) >= 11 is 13.0. The number of rotatable bonds is 2. The molecule has 2 heterocycles. The van der Waals surface area contributed by atoms with Crippen molar-refractivity contribution >= 4 is 45.9 Å². The van der Waals surface area contributed by atoms with Crippen LogP contribution in [-0.2, 0) is 0 Å².